The van der Waals surface area contributed by atoms with Gasteiger partial charge in [0.05, 0.1) is 11.4 Å². The predicted molar refractivity (Wildman–Crippen MR) is 65.1 cm³/mol. The summed E-state index contributed by atoms with van der Waals surface area (Å²) in [5.74, 6) is 0.706. The van der Waals surface area contributed by atoms with Crippen molar-refractivity contribution in [3.63, 3.8) is 0 Å². The van der Waals surface area contributed by atoms with Crippen LogP contribution in [-0.2, 0) is 6.54 Å². The number of benzene rings is 1. The van der Waals surface area contributed by atoms with Crippen molar-refractivity contribution in [2.45, 2.75) is 13.5 Å². The van der Waals surface area contributed by atoms with Crippen molar-refractivity contribution in [2.24, 2.45) is 5.73 Å². The number of rotatable bonds is 2. The molecule has 0 fully saturated rings. The Kier molecular flexibility index (Phi) is 3.17. The summed E-state index contributed by atoms with van der Waals surface area (Å²) in [5, 5.41) is 0.684. The zero-order chi connectivity index (χ0) is 11.5. The topological polar surface area (TPSA) is 51.8 Å². The first-order valence-corrected chi connectivity index (χ1v) is 5.38. The van der Waals surface area contributed by atoms with Gasteiger partial charge in [0.1, 0.15) is 5.82 Å². The molecule has 2 aromatic rings. The molecule has 1 aromatic heterocycles. The van der Waals surface area contributed by atoms with Gasteiger partial charge in [-0.3, -0.25) is 0 Å². The van der Waals surface area contributed by atoms with Crippen LogP contribution in [-0.4, -0.2) is 9.97 Å². The minimum atomic E-state index is 0.404. The Hall–Kier alpha value is -1.45. The molecular weight excluding hydrogens is 222 g/mol. The molecule has 0 unspecified atom stereocenters. The number of nitrogens with two attached hydrogens (primary N) is 1. The average molecular weight is 234 g/mol. The summed E-state index contributed by atoms with van der Waals surface area (Å²) in [5.41, 5.74) is 8.13. The molecule has 0 aliphatic heterocycles. The third-order valence-electron chi connectivity index (χ3n) is 2.25. The Labute approximate surface area is 99.3 Å². The van der Waals surface area contributed by atoms with Gasteiger partial charge in [-0.05, 0) is 19.1 Å². The predicted octanol–water partition coefficient (Wildman–Crippen LogP) is 2.56. The highest BCUT2D eigenvalue weighted by Crippen LogP contribution is 2.26. The number of nitrogens with zero attached hydrogens (tertiary/aromatic N) is 2. The summed E-state index contributed by atoms with van der Waals surface area (Å²) in [6, 6.07) is 9.47. The molecule has 16 heavy (non-hydrogen) atoms. The zero-order valence-electron chi connectivity index (χ0n) is 8.94. The molecule has 0 saturated heterocycles. The second-order valence-corrected chi connectivity index (χ2v) is 3.88. The van der Waals surface area contributed by atoms with Crippen molar-refractivity contribution in [1.29, 1.82) is 0 Å². The fourth-order valence-corrected chi connectivity index (χ4v) is 1.77. The third kappa shape index (κ3) is 2.21. The normalized spacial score (nSPS) is 10.4. The molecule has 1 heterocycles. The Morgan fingerprint density at radius 1 is 1.25 bits per heavy atom. The molecule has 2 N–H and O–H groups in total. The van der Waals surface area contributed by atoms with Crippen LogP contribution >= 0.6 is 11.6 Å². The molecule has 0 spiro atoms. The van der Waals surface area contributed by atoms with E-state index >= 15 is 0 Å². The molecular formula is C12H12ClN3. The second kappa shape index (κ2) is 4.60. The van der Waals surface area contributed by atoms with E-state index in [1.54, 1.807) is 0 Å². The van der Waals surface area contributed by atoms with Gasteiger partial charge in [0.2, 0.25) is 0 Å². The van der Waals surface area contributed by atoms with E-state index in [-0.39, 0.29) is 0 Å². The number of aromatic nitrogens is 2. The van der Waals surface area contributed by atoms with Gasteiger partial charge in [0.15, 0.2) is 0 Å². The molecule has 1 aromatic carbocycles. The van der Waals surface area contributed by atoms with Gasteiger partial charge in [-0.15, -0.1) is 0 Å². The lowest BCUT2D eigenvalue weighted by molar-refractivity contribution is 0.929. The zero-order valence-corrected chi connectivity index (χ0v) is 9.70. The van der Waals surface area contributed by atoms with Gasteiger partial charge in [0.25, 0.3) is 0 Å². The maximum Gasteiger partial charge on any atom is 0.126 e. The molecule has 2 rings (SSSR count). The van der Waals surface area contributed by atoms with Crippen LogP contribution in [0, 0.1) is 6.92 Å². The molecule has 0 aliphatic carbocycles. The minimum absolute atomic E-state index is 0.404. The Morgan fingerprint density at radius 3 is 2.69 bits per heavy atom. The SMILES string of the molecule is Cc1nc(CN)cc(-c2ccccc2Cl)n1. The van der Waals surface area contributed by atoms with Gasteiger partial charge in [0, 0.05) is 17.1 Å². The van der Waals surface area contributed by atoms with E-state index in [2.05, 4.69) is 9.97 Å². The fourth-order valence-electron chi connectivity index (χ4n) is 1.54. The quantitative estimate of drug-likeness (QED) is 0.868. The van der Waals surface area contributed by atoms with Crippen molar-refractivity contribution in [2.75, 3.05) is 0 Å². The van der Waals surface area contributed by atoms with Gasteiger partial charge in [-0.25, -0.2) is 9.97 Å². The highest BCUT2D eigenvalue weighted by Gasteiger charge is 2.06. The summed E-state index contributed by atoms with van der Waals surface area (Å²) in [7, 11) is 0. The minimum Gasteiger partial charge on any atom is -0.325 e. The van der Waals surface area contributed by atoms with E-state index in [1.165, 1.54) is 0 Å². The van der Waals surface area contributed by atoms with Gasteiger partial charge in [-0.1, -0.05) is 29.8 Å². The van der Waals surface area contributed by atoms with Crippen LogP contribution in [0.1, 0.15) is 11.5 Å². The average Bonchev–Trinajstić information content (AvgIpc) is 2.28. The van der Waals surface area contributed by atoms with Crippen molar-refractivity contribution in [3.05, 3.63) is 46.9 Å². The first kappa shape index (κ1) is 11.0. The van der Waals surface area contributed by atoms with Gasteiger partial charge < -0.3 is 5.73 Å². The van der Waals surface area contributed by atoms with E-state index in [1.807, 2.05) is 37.3 Å². The fraction of sp³-hybridized carbons (Fsp3) is 0.167. The smallest absolute Gasteiger partial charge is 0.126 e. The van der Waals surface area contributed by atoms with E-state index in [9.17, 15) is 0 Å². The number of aryl methyl sites for hydroxylation is 1. The molecule has 0 aliphatic rings. The van der Waals surface area contributed by atoms with Crippen molar-refractivity contribution >= 4 is 11.6 Å². The number of halogens is 1. The Balaban J connectivity index is 2.56. The Bertz CT molecular complexity index is 511. The summed E-state index contributed by atoms with van der Waals surface area (Å²) < 4.78 is 0. The van der Waals surface area contributed by atoms with Crippen molar-refractivity contribution in [1.82, 2.24) is 9.97 Å². The van der Waals surface area contributed by atoms with Crippen LogP contribution in [0.4, 0.5) is 0 Å². The van der Waals surface area contributed by atoms with Crippen LogP contribution in [0.25, 0.3) is 11.3 Å². The molecule has 0 atom stereocenters. The van der Waals surface area contributed by atoms with Crippen LogP contribution in [0.2, 0.25) is 5.02 Å². The molecule has 0 radical (unpaired) electrons. The monoisotopic (exact) mass is 233 g/mol. The third-order valence-corrected chi connectivity index (χ3v) is 2.58. The molecule has 0 saturated carbocycles. The first-order valence-electron chi connectivity index (χ1n) is 5.00. The van der Waals surface area contributed by atoms with Crippen LogP contribution in [0.5, 0.6) is 0 Å². The lowest BCUT2D eigenvalue weighted by Crippen LogP contribution is -2.03. The lowest BCUT2D eigenvalue weighted by Gasteiger charge is -2.06. The molecule has 82 valence electrons. The first-order chi connectivity index (χ1) is 7.70. The van der Waals surface area contributed by atoms with Gasteiger partial charge in [-0.2, -0.15) is 0 Å². The van der Waals surface area contributed by atoms with Crippen molar-refractivity contribution in [3.8, 4) is 11.3 Å². The van der Waals surface area contributed by atoms with E-state index < -0.39 is 0 Å². The summed E-state index contributed by atoms with van der Waals surface area (Å²) in [4.78, 5) is 8.59. The van der Waals surface area contributed by atoms with E-state index in [0.29, 0.717) is 17.4 Å². The summed E-state index contributed by atoms with van der Waals surface area (Å²) in [6.45, 7) is 2.25. The van der Waals surface area contributed by atoms with Crippen LogP contribution in [0.3, 0.4) is 0 Å². The summed E-state index contributed by atoms with van der Waals surface area (Å²) in [6.07, 6.45) is 0. The van der Waals surface area contributed by atoms with Crippen LogP contribution < -0.4 is 5.73 Å². The number of hydrogen-bond donors (Lipinski definition) is 1. The standard InChI is InChI=1S/C12H12ClN3/c1-8-15-9(7-14)6-12(16-8)10-4-2-3-5-11(10)13/h2-6H,7,14H2,1H3. The highest BCUT2D eigenvalue weighted by molar-refractivity contribution is 6.33. The molecule has 0 bridgehead atoms. The molecule has 0 amide bonds. The largest absolute Gasteiger partial charge is 0.325 e. The van der Waals surface area contributed by atoms with Crippen LogP contribution in [0.15, 0.2) is 30.3 Å². The van der Waals surface area contributed by atoms with Gasteiger partial charge >= 0.3 is 0 Å². The Morgan fingerprint density at radius 2 is 2.00 bits per heavy atom. The molecule has 3 nitrogen and oxygen atoms in total. The van der Waals surface area contributed by atoms with E-state index in [0.717, 1.165) is 17.0 Å². The molecule has 4 heteroatoms. The lowest BCUT2D eigenvalue weighted by atomic mass is 10.1. The maximum absolute atomic E-state index is 6.11. The van der Waals surface area contributed by atoms with Crippen molar-refractivity contribution < 1.29 is 0 Å². The highest BCUT2D eigenvalue weighted by atomic mass is 35.5. The number of hydrogen-bond acceptors (Lipinski definition) is 3. The second-order valence-electron chi connectivity index (χ2n) is 3.48. The summed E-state index contributed by atoms with van der Waals surface area (Å²) >= 11 is 6.11. The maximum atomic E-state index is 6.11. The van der Waals surface area contributed by atoms with E-state index in [4.69, 9.17) is 17.3 Å².